The van der Waals surface area contributed by atoms with Crippen LogP contribution in [0.2, 0.25) is 0 Å². The lowest BCUT2D eigenvalue weighted by Gasteiger charge is -2.35. The van der Waals surface area contributed by atoms with Gasteiger partial charge in [0.1, 0.15) is 6.61 Å². The van der Waals surface area contributed by atoms with Crippen molar-refractivity contribution in [2.24, 2.45) is 0 Å². The van der Waals surface area contributed by atoms with Crippen LogP contribution in [0, 0.1) is 0 Å². The third kappa shape index (κ3) is 7.23. The topological polar surface area (TPSA) is 33.7 Å². The van der Waals surface area contributed by atoms with E-state index in [1.165, 1.54) is 11.1 Å². The molecule has 1 atom stereocenters. The van der Waals surface area contributed by atoms with E-state index in [1.54, 1.807) is 7.11 Å². The van der Waals surface area contributed by atoms with Crippen LogP contribution in [0.25, 0.3) is 0 Å². The molecule has 1 aliphatic heterocycles. The highest BCUT2D eigenvalue weighted by molar-refractivity contribution is 5.85. The molecule has 29 heavy (non-hydrogen) atoms. The molecule has 1 heterocycles. The minimum Gasteiger partial charge on any atom is -0.493 e. The number of rotatable bonds is 8. The molecule has 0 amide bonds. The Kier molecular flexibility index (Phi) is 11.1. The average Bonchev–Trinajstić information content (AvgIpc) is 2.71. The summed E-state index contributed by atoms with van der Waals surface area (Å²) in [7, 11) is 1.69. The molecule has 1 N–H and O–H groups in total. The fourth-order valence-electron chi connectivity index (χ4n) is 3.53. The van der Waals surface area contributed by atoms with Crippen LogP contribution in [0.15, 0.2) is 60.7 Å². The summed E-state index contributed by atoms with van der Waals surface area (Å²) < 4.78 is 11.6. The minimum absolute atomic E-state index is 0. The van der Waals surface area contributed by atoms with Gasteiger partial charge in [-0.25, -0.2) is 0 Å². The first-order valence-corrected chi connectivity index (χ1v) is 9.61. The van der Waals surface area contributed by atoms with Gasteiger partial charge in [0, 0.05) is 32.2 Å². The van der Waals surface area contributed by atoms with E-state index in [0.29, 0.717) is 12.6 Å². The number of hydrogen-bond acceptors (Lipinski definition) is 4. The third-order valence-corrected chi connectivity index (χ3v) is 4.94. The van der Waals surface area contributed by atoms with E-state index in [1.807, 2.05) is 24.3 Å². The Hall–Kier alpha value is -1.72. The summed E-state index contributed by atoms with van der Waals surface area (Å²) in [6.07, 6.45) is 0.949. The van der Waals surface area contributed by atoms with Crippen molar-refractivity contribution in [1.29, 1.82) is 0 Å². The second kappa shape index (κ2) is 12.8. The van der Waals surface area contributed by atoms with Crippen LogP contribution in [0.4, 0.5) is 0 Å². The second-order valence-electron chi connectivity index (χ2n) is 7.15. The lowest BCUT2D eigenvalue weighted by molar-refractivity contribution is 0.172. The monoisotopic (exact) mass is 438 g/mol. The number of halogens is 2. The molecule has 2 aromatic rings. The van der Waals surface area contributed by atoms with E-state index in [2.05, 4.69) is 48.0 Å². The minimum atomic E-state index is 0. The Morgan fingerprint density at radius 1 is 1.07 bits per heavy atom. The lowest BCUT2D eigenvalue weighted by atomic mass is 9.97. The summed E-state index contributed by atoms with van der Waals surface area (Å²) >= 11 is 0. The van der Waals surface area contributed by atoms with Gasteiger partial charge in [0.15, 0.2) is 11.5 Å². The molecule has 160 valence electrons. The van der Waals surface area contributed by atoms with Crippen molar-refractivity contribution >= 4 is 24.8 Å². The Balaban J connectivity index is 0.00000210. The van der Waals surface area contributed by atoms with Crippen LogP contribution in [0.3, 0.4) is 0 Å². The first-order valence-electron chi connectivity index (χ1n) is 9.61. The zero-order valence-electron chi connectivity index (χ0n) is 17.2. The maximum absolute atomic E-state index is 6.12. The molecule has 0 radical (unpaired) electrons. The van der Waals surface area contributed by atoms with Gasteiger partial charge in [0.25, 0.3) is 0 Å². The van der Waals surface area contributed by atoms with Crippen LogP contribution in [-0.4, -0.2) is 38.2 Å². The Morgan fingerprint density at radius 2 is 1.76 bits per heavy atom. The maximum atomic E-state index is 6.12. The van der Waals surface area contributed by atoms with Gasteiger partial charge in [0.2, 0.25) is 0 Å². The Labute approximate surface area is 187 Å². The van der Waals surface area contributed by atoms with Crippen molar-refractivity contribution in [3.05, 3.63) is 71.8 Å². The number of benzene rings is 2. The quantitative estimate of drug-likeness (QED) is 0.585. The number of ether oxygens (including phenoxy) is 2. The number of piperazine rings is 1. The normalized spacial score (nSPS) is 14.8. The average molecular weight is 439 g/mol. The summed E-state index contributed by atoms with van der Waals surface area (Å²) in [5.41, 5.74) is 3.59. The first-order chi connectivity index (χ1) is 13.2. The standard InChI is InChI=1S/C23H30N2O2.2ClH/c1-18(2)15-21(25-13-11-24-12-14-25)20-9-10-22(26-3)23(16-20)27-17-19-7-5-4-6-8-19;;/h4-10,16,21,24H,1,11-15,17H2,2-3H3;2*1H/t21-;;/m0../s1. The molecule has 0 saturated carbocycles. The van der Waals surface area contributed by atoms with Gasteiger partial charge in [0.05, 0.1) is 7.11 Å². The molecule has 0 aromatic heterocycles. The zero-order valence-corrected chi connectivity index (χ0v) is 18.9. The molecule has 1 saturated heterocycles. The van der Waals surface area contributed by atoms with Crippen molar-refractivity contribution < 1.29 is 9.47 Å². The van der Waals surface area contributed by atoms with Crippen molar-refractivity contribution in [3.63, 3.8) is 0 Å². The van der Waals surface area contributed by atoms with E-state index >= 15 is 0 Å². The van der Waals surface area contributed by atoms with Crippen LogP contribution in [0.1, 0.15) is 30.5 Å². The molecule has 0 spiro atoms. The largest absolute Gasteiger partial charge is 0.493 e. The molecular weight excluding hydrogens is 407 g/mol. The predicted molar refractivity (Wildman–Crippen MR) is 125 cm³/mol. The molecule has 2 aromatic carbocycles. The number of hydrogen-bond donors (Lipinski definition) is 1. The predicted octanol–water partition coefficient (Wildman–Crippen LogP) is 5.03. The summed E-state index contributed by atoms with van der Waals surface area (Å²) in [5.74, 6) is 1.56. The van der Waals surface area contributed by atoms with Crippen molar-refractivity contribution in [2.45, 2.75) is 26.0 Å². The van der Waals surface area contributed by atoms with Crippen LogP contribution >= 0.6 is 24.8 Å². The van der Waals surface area contributed by atoms with E-state index < -0.39 is 0 Å². The lowest BCUT2D eigenvalue weighted by Crippen LogP contribution is -2.45. The molecule has 1 aliphatic rings. The Morgan fingerprint density at radius 3 is 2.38 bits per heavy atom. The van der Waals surface area contributed by atoms with Gasteiger partial charge in [-0.05, 0) is 36.6 Å². The summed E-state index contributed by atoms with van der Waals surface area (Å²) in [4.78, 5) is 2.54. The molecular formula is C23H32Cl2N2O2. The highest BCUT2D eigenvalue weighted by Gasteiger charge is 2.23. The highest BCUT2D eigenvalue weighted by atomic mass is 35.5. The third-order valence-electron chi connectivity index (χ3n) is 4.94. The van der Waals surface area contributed by atoms with Gasteiger partial charge in [-0.3, -0.25) is 4.90 Å². The fraction of sp³-hybridized carbons (Fsp3) is 0.391. The Bertz CT molecular complexity index is 750. The molecule has 0 unspecified atom stereocenters. The maximum Gasteiger partial charge on any atom is 0.161 e. The molecule has 3 rings (SSSR count). The van der Waals surface area contributed by atoms with Crippen molar-refractivity contribution in [2.75, 3.05) is 33.3 Å². The van der Waals surface area contributed by atoms with Gasteiger partial charge in [-0.1, -0.05) is 42.0 Å². The fourth-order valence-corrected chi connectivity index (χ4v) is 3.53. The van der Waals surface area contributed by atoms with E-state index in [4.69, 9.17) is 9.47 Å². The SMILES string of the molecule is C=C(C)C[C@@H](c1ccc(OC)c(OCc2ccccc2)c1)N1CCNCC1.Cl.Cl. The number of nitrogens with zero attached hydrogens (tertiary/aromatic N) is 1. The molecule has 6 heteroatoms. The molecule has 0 aliphatic carbocycles. The summed E-state index contributed by atoms with van der Waals surface area (Å²) in [6.45, 7) is 10.9. The molecule has 4 nitrogen and oxygen atoms in total. The van der Waals surface area contributed by atoms with Crippen molar-refractivity contribution in [3.8, 4) is 11.5 Å². The smallest absolute Gasteiger partial charge is 0.161 e. The van der Waals surface area contributed by atoms with Gasteiger partial charge < -0.3 is 14.8 Å². The highest BCUT2D eigenvalue weighted by Crippen LogP contribution is 2.35. The van der Waals surface area contributed by atoms with Crippen LogP contribution < -0.4 is 14.8 Å². The van der Waals surface area contributed by atoms with Gasteiger partial charge >= 0.3 is 0 Å². The van der Waals surface area contributed by atoms with Crippen molar-refractivity contribution in [1.82, 2.24) is 10.2 Å². The molecule has 0 bridgehead atoms. The first kappa shape index (κ1) is 25.3. The second-order valence-corrected chi connectivity index (χ2v) is 7.15. The molecule has 1 fully saturated rings. The number of nitrogens with one attached hydrogen (secondary N) is 1. The van der Waals surface area contributed by atoms with E-state index in [9.17, 15) is 0 Å². The number of methoxy groups -OCH3 is 1. The van der Waals surface area contributed by atoms with Gasteiger partial charge in [-0.2, -0.15) is 0 Å². The van der Waals surface area contributed by atoms with E-state index in [0.717, 1.165) is 49.7 Å². The zero-order chi connectivity index (χ0) is 19.1. The summed E-state index contributed by atoms with van der Waals surface area (Å²) in [6, 6.07) is 16.8. The van der Waals surface area contributed by atoms with Crippen LogP contribution in [-0.2, 0) is 6.61 Å². The van der Waals surface area contributed by atoms with Crippen LogP contribution in [0.5, 0.6) is 11.5 Å². The van der Waals surface area contributed by atoms with E-state index in [-0.39, 0.29) is 24.8 Å². The van der Waals surface area contributed by atoms with Gasteiger partial charge in [-0.15, -0.1) is 31.4 Å². The summed E-state index contributed by atoms with van der Waals surface area (Å²) in [5, 5.41) is 3.43.